The first-order chi connectivity index (χ1) is 8.49. The van der Waals surface area contributed by atoms with Gasteiger partial charge in [0.15, 0.2) is 0 Å². The summed E-state index contributed by atoms with van der Waals surface area (Å²) in [5.41, 5.74) is 9.20. The van der Waals surface area contributed by atoms with Crippen molar-refractivity contribution in [1.29, 1.82) is 0 Å². The van der Waals surface area contributed by atoms with E-state index in [0.29, 0.717) is 11.4 Å². The molecule has 0 heterocycles. The maximum atomic E-state index is 13.3. The van der Waals surface area contributed by atoms with E-state index in [1.54, 1.807) is 6.07 Å². The SMILES string of the molecule is Cc1ccc(Br)cc1N(C)c1cc(F)ccc1N. The zero-order chi connectivity index (χ0) is 13.3. The van der Waals surface area contributed by atoms with Crippen molar-refractivity contribution in [2.75, 3.05) is 17.7 Å². The van der Waals surface area contributed by atoms with Crippen molar-refractivity contribution < 1.29 is 4.39 Å². The highest BCUT2D eigenvalue weighted by molar-refractivity contribution is 9.10. The lowest BCUT2D eigenvalue weighted by atomic mass is 10.1. The monoisotopic (exact) mass is 308 g/mol. The lowest BCUT2D eigenvalue weighted by Crippen LogP contribution is -2.13. The van der Waals surface area contributed by atoms with Crippen LogP contribution in [-0.4, -0.2) is 7.05 Å². The molecule has 2 aromatic rings. The summed E-state index contributed by atoms with van der Waals surface area (Å²) >= 11 is 3.44. The van der Waals surface area contributed by atoms with Gasteiger partial charge in [-0.25, -0.2) is 4.39 Å². The molecule has 0 bridgehead atoms. The quantitative estimate of drug-likeness (QED) is 0.841. The number of benzene rings is 2. The van der Waals surface area contributed by atoms with Crippen LogP contribution in [0.4, 0.5) is 21.5 Å². The molecule has 2 aromatic carbocycles. The van der Waals surface area contributed by atoms with Crippen molar-refractivity contribution in [1.82, 2.24) is 0 Å². The molecule has 2 rings (SSSR count). The molecule has 2 N–H and O–H groups in total. The molecule has 94 valence electrons. The molecule has 0 spiro atoms. The Morgan fingerprint density at radius 2 is 1.83 bits per heavy atom. The summed E-state index contributed by atoms with van der Waals surface area (Å²) in [6.07, 6.45) is 0. The molecule has 0 saturated heterocycles. The van der Waals surface area contributed by atoms with E-state index in [4.69, 9.17) is 5.73 Å². The van der Waals surface area contributed by atoms with Gasteiger partial charge in [0.2, 0.25) is 0 Å². The maximum absolute atomic E-state index is 13.3. The Morgan fingerprint density at radius 3 is 2.56 bits per heavy atom. The molecule has 0 saturated carbocycles. The second kappa shape index (κ2) is 4.98. The zero-order valence-corrected chi connectivity index (χ0v) is 11.8. The Hall–Kier alpha value is -1.55. The molecule has 0 aliphatic rings. The van der Waals surface area contributed by atoms with Crippen LogP contribution in [0.1, 0.15) is 5.56 Å². The highest BCUT2D eigenvalue weighted by Gasteiger charge is 2.11. The van der Waals surface area contributed by atoms with Gasteiger partial charge >= 0.3 is 0 Å². The van der Waals surface area contributed by atoms with E-state index in [1.807, 2.05) is 37.1 Å². The first kappa shape index (κ1) is 12.9. The van der Waals surface area contributed by atoms with Crippen molar-refractivity contribution in [3.63, 3.8) is 0 Å². The fourth-order valence-electron chi connectivity index (χ4n) is 1.88. The molecule has 0 fully saturated rings. The summed E-state index contributed by atoms with van der Waals surface area (Å²) < 4.78 is 14.3. The highest BCUT2D eigenvalue weighted by Crippen LogP contribution is 2.33. The summed E-state index contributed by atoms with van der Waals surface area (Å²) in [5, 5.41) is 0. The van der Waals surface area contributed by atoms with Crippen molar-refractivity contribution in [3.05, 3.63) is 52.3 Å². The van der Waals surface area contributed by atoms with Gasteiger partial charge in [-0.05, 0) is 42.8 Å². The molecule has 0 aliphatic carbocycles. The van der Waals surface area contributed by atoms with Gasteiger partial charge in [-0.2, -0.15) is 0 Å². The molecule has 0 aliphatic heterocycles. The second-order valence-electron chi connectivity index (χ2n) is 4.19. The van der Waals surface area contributed by atoms with Gasteiger partial charge in [0, 0.05) is 17.2 Å². The fraction of sp³-hybridized carbons (Fsp3) is 0.143. The summed E-state index contributed by atoms with van der Waals surface area (Å²) in [7, 11) is 1.87. The number of hydrogen-bond donors (Lipinski definition) is 1. The average Bonchev–Trinajstić information content (AvgIpc) is 2.34. The Bertz CT molecular complexity index is 533. The van der Waals surface area contributed by atoms with Crippen molar-refractivity contribution in [2.24, 2.45) is 0 Å². The van der Waals surface area contributed by atoms with E-state index >= 15 is 0 Å². The topological polar surface area (TPSA) is 29.3 Å². The Morgan fingerprint density at radius 1 is 1.11 bits per heavy atom. The minimum absolute atomic E-state index is 0.293. The third-order valence-electron chi connectivity index (χ3n) is 2.89. The predicted molar refractivity (Wildman–Crippen MR) is 77.8 cm³/mol. The molecule has 18 heavy (non-hydrogen) atoms. The standard InChI is InChI=1S/C14H14BrFN2/c1-9-3-4-10(15)7-13(9)18(2)14-8-11(16)5-6-12(14)17/h3-8H,17H2,1-2H3. The molecular weight excluding hydrogens is 295 g/mol. The number of nitrogens with zero attached hydrogens (tertiary/aromatic N) is 1. The van der Waals surface area contributed by atoms with Gasteiger partial charge in [-0.1, -0.05) is 22.0 Å². The summed E-state index contributed by atoms with van der Waals surface area (Å²) in [4.78, 5) is 1.89. The van der Waals surface area contributed by atoms with E-state index in [9.17, 15) is 4.39 Å². The van der Waals surface area contributed by atoms with Gasteiger partial charge < -0.3 is 10.6 Å². The summed E-state index contributed by atoms with van der Waals surface area (Å²) in [5.74, 6) is -0.293. The lowest BCUT2D eigenvalue weighted by Gasteiger charge is -2.23. The van der Waals surface area contributed by atoms with Gasteiger partial charge in [0.05, 0.1) is 11.4 Å². The fourth-order valence-corrected chi connectivity index (χ4v) is 2.23. The van der Waals surface area contributed by atoms with E-state index in [-0.39, 0.29) is 5.82 Å². The summed E-state index contributed by atoms with van der Waals surface area (Å²) in [6.45, 7) is 2.01. The number of halogens is 2. The average molecular weight is 309 g/mol. The molecule has 2 nitrogen and oxygen atoms in total. The van der Waals surface area contributed by atoms with Gasteiger partial charge in [0.1, 0.15) is 5.82 Å². The molecule has 0 atom stereocenters. The zero-order valence-electron chi connectivity index (χ0n) is 10.2. The number of nitrogen functional groups attached to an aromatic ring is 1. The molecular formula is C14H14BrFN2. The van der Waals surface area contributed by atoms with Crippen LogP contribution in [0.25, 0.3) is 0 Å². The minimum Gasteiger partial charge on any atom is -0.397 e. The van der Waals surface area contributed by atoms with Gasteiger partial charge in [0.25, 0.3) is 0 Å². The normalized spacial score (nSPS) is 10.4. The predicted octanol–water partition coefficient (Wildman–Crippen LogP) is 4.25. The van der Waals surface area contributed by atoms with Crippen LogP contribution >= 0.6 is 15.9 Å². The van der Waals surface area contributed by atoms with Gasteiger partial charge in [-0.15, -0.1) is 0 Å². The van der Waals surface area contributed by atoms with E-state index < -0.39 is 0 Å². The second-order valence-corrected chi connectivity index (χ2v) is 5.11. The number of rotatable bonds is 2. The number of aryl methyl sites for hydroxylation is 1. The molecule has 0 amide bonds. The molecule has 0 aromatic heterocycles. The van der Waals surface area contributed by atoms with Crippen molar-refractivity contribution in [3.8, 4) is 0 Å². The van der Waals surface area contributed by atoms with Gasteiger partial charge in [-0.3, -0.25) is 0 Å². The number of hydrogen-bond acceptors (Lipinski definition) is 2. The van der Waals surface area contributed by atoms with Crippen LogP contribution < -0.4 is 10.6 Å². The van der Waals surface area contributed by atoms with Crippen LogP contribution in [-0.2, 0) is 0 Å². The number of anilines is 3. The smallest absolute Gasteiger partial charge is 0.125 e. The van der Waals surface area contributed by atoms with Crippen LogP contribution in [0.3, 0.4) is 0 Å². The highest BCUT2D eigenvalue weighted by atomic mass is 79.9. The van der Waals surface area contributed by atoms with E-state index in [0.717, 1.165) is 15.7 Å². The summed E-state index contributed by atoms with van der Waals surface area (Å²) in [6, 6.07) is 10.3. The van der Waals surface area contributed by atoms with Crippen LogP contribution in [0, 0.1) is 12.7 Å². The molecule has 4 heteroatoms. The van der Waals surface area contributed by atoms with E-state index in [2.05, 4.69) is 15.9 Å². The van der Waals surface area contributed by atoms with Crippen LogP contribution in [0.15, 0.2) is 40.9 Å². The van der Waals surface area contributed by atoms with E-state index in [1.165, 1.54) is 12.1 Å². The first-order valence-electron chi connectivity index (χ1n) is 5.54. The lowest BCUT2D eigenvalue weighted by molar-refractivity contribution is 0.628. The third kappa shape index (κ3) is 2.48. The van der Waals surface area contributed by atoms with Crippen molar-refractivity contribution in [2.45, 2.75) is 6.92 Å². The maximum Gasteiger partial charge on any atom is 0.125 e. The Balaban J connectivity index is 2.50. The van der Waals surface area contributed by atoms with Crippen LogP contribution in [0.5, 0.6) is 0 Å². The Kier molecular flexibility index (Phi) is 3.57. The third-order valence-corrected chi connectivity index (χ3v) is 3.38. The minimum atomic E-state index is -0.293. The Labute approximate surface area is 114 Å². The molecule has 0 radical (unpaired) electrons. The molecule has 0 unspecified atom stereocenters. The first-order valence-corrected chi connectivity index (χ1v) is 6.33. The van der Waals surface area contributed by atoms with Crippen LogP contribution in [0.2, 0.25) is 0 Å². The largest absolute Gasteiger partial charge is 0.397 e. The van der Waals surface area contributed by atoms with Crippen molar-refractivity contribution >= 4 is 33.0 Å². The number of nitrogens with two attached hydrogens (primary N) is 1.